The maximum absolute atomic E-state index is 12.1. The number of carbonyl (C=O) groups is 2. The van der Waals surface area contributed by atoms with E-state index in [4.69, 9.17) is 9.47 Å². The molecule has 196 valence electrons. The Morgan fingerprint density at radius 2 is 1.77 bits per heavy atom. The first-order valence-corrected chi connectivity index (χ1v) is 14.1. The number of fused-ring (bicyclic) bond motifs is 5. The first-order valence-electron chi connectivity index (χ1n) is 14.1. The zero-order chi connectivity index (χ0) is 25.5. The highest BCUT2D eigenvalue weighted by molar-refractivity contribution is 5.67. The van der Waals surface area contributed by atoms with Crippen LogP contribution in [0, 0.1) is 40.4 Å². The SMILES string of the molecule is CC(=O)O[C@@H]1CC2=CC[C@H]3[C@@H]4CC[C@H]([C@H](C)CCC=C(C)C)[C@@]4(C)CC[C@@H]3[C@@]2(C)[C@@H](OC(C)=O)C1. The van der Waals surface area contributed by atoms with Crippen LogP contribution in [0.5, 0.6) is 0 Å². The van der Waals surface area contributed by atoms with Crippen molar-refractivity contribution in [2.24, 2.45) is 40.4 Å². The Labute approximate surface area is 213 Å². The van der Waals surface area contributed by atoms with Crippen LogP contribution in [0.2, 0.25) is 0 Å². The second-order valence-electron chi connectivity index (χ2n) is 13.0. The summed E-state index contributed by atoms with van der Waals surface area (Å²) in [6.45, 7) is 14.8. The summed E-state index contributed by atoms with van der Waals surface area (Å²) >= 11 is 0. The van der Waals surface area contributed by atoms with E-state index in [2.05, 4.69) is 46.8 Å². The average molecular weight is 485 g/mol. The van der Waals surface area contributed by atoms with Gasteiger partial charge in [0.25, 0.3) is 0 Å². The highest BCUT2D eigenvalue weighted by Crippen LogP contribution is 2.67. The molecule has 0 aromatic rings. The number of esters is 2. The number of allylic oxidation sites excluding steroid dienone is 3. The topological polar surface area (TPSA) is 52.6 Å². The number of hydrogen-bond acceptors (Lipinski definition) is 4. The second kappa shape index (κ2) is 10.1. The molecule has 0 bridgehead atoms. The molecule has 0 radical (unpaired) electrons. The fourth-order valence-corrected chi connectivity index (χ4v) is 9.16. The van der Waals surface area contributed by atoms with Crippen LogP contribution in [-0.2, 0) is 19.1 Å². The summed E-state index contributed by atoms with van der Waals surface area (Å²) in [5, 5.41) is 0. The van der Waals surface area contributed by atoms with Crippen molar-refractivity contribution >= 4 is 11.9 Å². The van der Waals surface area contributed by atoms with Crippen molar-refractivity contribution in [1.82, 2.24) is 0 Å². The van der Waals surface area contributed by atoms with Crippen LogP contribution in [0.4, 0.5) is 0 Å². The highest BCUT2D eigenvalue weighted by atomic mass is 16.6. The Kier molecular flexibility index (Phi) is 7.61. The third-order valence-corrected chi connectivity index (χ3v) is 10.7. The Bertz CT molecular complexity index is 882. The smallest absolute Gasteiger partial charge is 0.302 e. The number of rotatable bonds is 6. The molecule has 0 aromatic carbocycles. The van der Waals surface area contributed by atoms with Crippen molar-refractivity contribution in [3.8, 4) is 0 Å². The highest BCUT2D eigenvalue weighted by Gasteiger charge is 2.62. The predicted octanol–water partition coefficient (Wildman–Crippen LogP) is 7.42. The van der Waals surface area contributed by atoms with Crippen molar-refractivity contribution in [1.29, 1.82) is 0 Å². The molecule has 0 saturated heterocycles. The monoisotopic (exact) mass is 484 g/mol. The van der Waals surface area contributed by atoms with E-state index in [0.29, 0.717) is 23.7 Å². The summed E-state index contributed by atoms with van der Waals surface area (Å²) in [7, 11) is 0. The van der Waals surface area contributed by atoms with Crippen LogP contribution >= 0.6 is 0 Å². The summed E-state index contributed by atoms with van der Waals surface area (Å²) < 4.78 is 11.6. The third-order valence-electron chi connectivity index (χ3n) is 10.7. The molecule has 4 rings (SSSR count). The minimum Gasteiger partial charge on any atom is -0.462 e. The van der Waals surface area contributed by atoms with Crippen molar-refractivity contribution in [2.75, 3.05) is 0 Å². The summed E-state index contributed by atoms with van der Waals surface area (Å²) in [5.41, 5.74) is 3.05. The summed E-state index contributed by atoms with van der Waals surface area (Å²) in [6.07, 6.45) is 14.6. The van der Waals surface area contributed by atoms with Crippen LogP contribution in [0.3, 0.4) is 0 Å². The molecule has 35 heavy (non-hydrogen) atoms. The van der Waals surface area contributed by atoms with Crippen molar-refractivity contribution in [3.05, 3.63) is 23.3 Å². The molecule has 4 heteroatoms. The van der Waals surface area contributed by atoms with E-state index in [0.717, 1.165) is 30.6 Å². The molecular formula is C31H48O4. The van der Waals surface area contributed by atoms with Crippen LogP contribution in [0.1, 0.15) is 106 Å². The van der Waals surface area contributed by atoms with E-state index in [-0.39, 0.29) is 29.6 Å². The van der Waals surface area contributed by atoms with E-state index in [1.807, 2.05) is 0 Å². The lowest BCUT2D eigenvalue weighted by Gasteiger charge is -2.60. The van der Waals surface area contributed by atoms with Gasteiger partial charge in [0.05, 0.1) is 0 Å². The molecule has 4 nitrogen and oxygen atoms in total. The van der Waals surface area contributed by atoms with Crippen LogP contribution in [0.25, 0.3) is 0 Å². The van der Waals surface area contributed by atoms with Crippen molar-refractivity contribution in [2.45, 2.75) is 118 Å². The Morgan fingerprint density at radius 1 is 1.06 bits per heavy atom. The molecule has 0 aliphatic heterocycles. The molecule has 0 N–H and O–H groups in total. The molecule has 3 saturated carbocycles. The lowest BCUT2D eigenvalue weighted by atomic mass is 9.46. The van der Waals surface area contributed by atoms with E-state index in [1.165, 1.54) is 63.5 Å². The predicted molar refractivity (Wildman–Crippen MR) is 140 cm³/mol. The molecule has 3 fully saturated rings. The molecule has 0 unspecified atom stereocenters. The first-order chi connectivity index (χ1) is 16.5. The quantitative estimate of drug-likeness (QED) is 0.291. The normalized spacial score (nSPS) is 40.9. The number of ether oxygens (including phenoxy) is 2. The zero-order valence-electron chi connectivity index (χ0n) is 23.2. The summed E-state index contributed by atoms with van der Waals surface area (Å²) in [4.78, 5) is 23.8. The second-order valence-corrected chi connectivity index (χ2v) is 13.0. The van der Waals surface area contributed by atoms with Gasteiger partial charge in [-0.1, -0.05) is 44.1 Å². The van der Waals surface area contributed by atoms with Gasteiger partial charge in [-0.15, -0.1) is 0 Å². The standard InChI is InChI=1S/C31H48O4/c1-19(2)9-8-10-20(3)26-13-14-27-25-12-11-23-17-24(34-21(4)32)18-29(35-22(5)33)31(23,7)28(25)15-16-30(26,27)6/h9,11,20,24-29H,8,10,12-18H2,1-7H3/t20-,24-,25+,26-,27+,28+,29+,30-,31+/m1/s1. The molecule has 9 atom stereocenters. The van der Waals surface area contributed by atoms with Crippen LogP contribution in [0.15, 0.2) is 23.3 Å². The van der Waals surface area contributed by atoms with Gasteiger partial charge >= 0.3 is 11.9 Å². The van der Waals surface area contributed by atoms with E-state index < -0.39 is 0 Å². The van der Waals surface area contributed by atoms with Gasteiger partial charge in [0, 0.05) is 32.1 Å². The Balaban J connectivity index is 1.58. The summed E-state index contributed by atoms with van der Waals surface area (Å²) in [5.74, 6) is 3.02. The lowest BCUT2D eigenvalue weighted by Crippen LogP contribution is -2.57. The van der Waals surface area contributed by atoms with Gasteiger partial charge < -0.3 is 9.47 Å². The van der Waals surface area contributed by atoms with Crippen LogP contribution in [-0.4, -0.2) is 24.1 Å². The number of carbonyl (C=O) groups excluding carboxylic acids is 2. The Morgan fingerprint density at radius 3 is 2.43 bits per heavy atom. The van der Waals surface area contributed by atoms with Gasteiger partial charge in [-0.05, 0) is 93.8 Å². The van der Waals surface area contributed by atoms with E-state index >= 15 is 0 Å². The molecule has 0 aromatic heterocycles. The Hall–Kier alpha value is -1.58. The average Bonchev–Trinajstić information content (AvgIpc) is 3.11. The molecule has 0 heterocycles. The first kappa shape index (κ1) is 26.5. The maximum Gasteiger partial charge on any atom is 0.302 e. The largest absolute Gasteiger partial charge is 0.462 e. The van der Waals surface area contributed by atoms with Gasteiger partial charge in [0.1, 0.15) is 12.2 Å². The third kappa shape index (κ3) is 4.88. The van der Waals surface area contributed by atoms with Crippen molar-refractivity contribution in [3.63, 3.8) is 0 Å². The van der Waals surface area contributed by atoms with E-state index in [9.17, 15) is 9.59 Å². The van der Waals surface area contributed by atoms with Crippen molar-refractivity contribution < 1.29 is 19.1 Å². The fourth-order valence-electron chi connectivity index (χ4n) is 9.16. The zero-order valence-corrected chi connectivity index (χ0v) is 23.2. The minimum absolute atomic E-state index is 0.153. The fraction of sp³-hybridized carbons (Fsp3) is 0.806. The van der Waals surface area contributed by atoms with Gasteiger partial charge in [0.15, 0.2) is 0 Å². The molecule has 4 aliphatic rings. The van der Waals surface area contributed by atoms with Gasteiger partial charge in [-0.2, -0.15) is 0 Å². The van der Waals surface area contributed by atoms with Gasteiger partial charge in [-0.25, -0.2) is 0 Å². The number of hydrogen-bond donors (Lipinski definition) is 0. The molecule has 0 amide bonds. The molecule has 4 aliphatic carbocycles. The molecule has 0 spiro atoms. The summed E-state index contributed by atoms with van der Waals surface area (Å²) in [6, 6.07) is 0. The van der Waals surface area contributed by atoms with Gasteiger partial charge in [0.2, 0.25) is 0 Å². The maximum atomic E-state index is 12.1. The van der Waals surface area contributed by atoms with E-state index in [1.54, 1.807) is 0 Å². The molecular weight excluding hydrogens is 436 g/mol. The minimum atomic E-state index is -0.251. The van der Waals surface area contributed by atoms with Crippen LogP contribution < -0.4 is 0 Å². The van der Waals surface area contributed by atoms with Gasteiger partial charge in [-0.3, -0.25) is 9.59 Å². The lowest BCUT2D eigenvalue weighted by molar-refractivity contribution is -0.172.